The molecule has 0 N–H and O–H groups in total. The standard InChI is InChI=1S/C34H36O6P2/c1-7-13-25-19-27(33(31(21-25)35-5)39-41-37-29-17-11-9-15-23(29)3)28-20-26(14-8-2)22-32(36-6)34(28)40-42-38-30-18-12-10-16-24(30)4/h7-12,15-22,41-42H,1-2,13-14H2,3-6H3. The summed E-state index contributed by atoms with van der Waals surface area (Å²) in [6.07, 6.45) is 4.99. The fourth-order valence-electron chi connectivity index (χ4n) is 4.36. The van der Waals surface area contributed by atoms with Gasteiger partial charge in [-0.05, 0) is 85.3 Å². The van der Waals surface area contributed by atoms with E-state index in [9.17, 15) is 0 Å². The molecule has 0 spiro atoms. The molecule has 4 aromatic carbocycles. The van der Waals surface area contributed by atoms with E-state index >= 15 is 0 Å². The Hall–Kier alpha value is -3.98. The molecule has 0 bridgehead atoms. The van der Waals surface area contributed by atoms with Crippen LogP contribution in [-0.2, 0) is 12.8 Å². The van der Waals surface area contributed by atoms with Gasteiger partial charge in [0.2, 0.25) is 0 Å². The Morgan fingerprint density at radius 2 is 0.976 bits per heavy atom. The first-order valence-electron chi connectivity index (χ1n) is 13.4. The molecule has 4 rings (SSSR count). The first-order chi connectivity index (χ1) is 20.5. The molecule has 0 radical (unpaired) electrons. The number of methoxy groups -OCH3 is 2. The molecule has 0 heterocycles. The molecule has 2 unspecified atom stereocenters. The molecular formula is C34H36O6P2. The number of ether oxygens (including phenoxy) is 2. The lowest BCUT2D eigenvalue weighted by molar-refractivity contribution is 0.391. The Morgan fingerprint density at radius 3 is 1.33 bits per heavy atom. The summed E-state index contributed by atoms with van der Waals surface area (Å²) in [5, 5.41) is 0. The van der Waals surface area contributed by atoms with Crippen LogP contribution in [0.3, 0.4) is 0 Å². The van der Waals surface area contributed by atoms with Crippen LogP contribution in [0.15, 0.2) is 98.1 Å². The number of hydrogen-bond acceptors (Lipinski definition) is 6. The molecule has 0 saturated carbocycles. The molecule has 42 heavy (non-hydrogen) atoms. The SMILES string of the molecule is C=CCc1cc(OC)c(OPOc2ccccc2C)c(-c2cc(CC=C)cc(OC)c2OPOc2ccccc2C)c1. The van der Waals surface area contributed by atoms with Crippen LogP contribution >= 0.6 is 18.1 Å². The zero-order valence-electron chi connectivity index (χ0n) is 24.4. The van der Waals surface area contributed by atoms with E-state index in [2.05, 4.69) is 25.3 Å². The summed E-state index contributed by atoms with van der Waals surface area (Å²) in [6.45, 7) is 11.8. The van der Waals surface area contributed by atoms with Gasteiger partial charge in [-0.15, -0.1) is 13.2 Å². The zero-order chi connectivity index (χ0) is 29.9. The van der Waals surface area contributed by atoms with Gasteiger partial charge < -0.3 is 27.6 Å². The maximum absolute atomic E-state index is 6.33. The highest BCUT2D eigenvalue weighted by molar-refractivity contribution is 7.27. The van der Waals surface area contributed by atoms with Crippen molar-refractivity contribution >= 4 is 18.1 Å². The normalized spacial score (nSPS) is 11.0. The van der Waals surface area contributed by atoms with E-state index in [4.69, 9.17) is 27.6 Å². The highest BCUT2D eigenvalue weighted by Crippen LogP contribution is 2.50. The van der Waals surface area contributed by atoms with E-state index in [0.717, 1.165) is 44.9 Å². The second-order valence-electron chi connectivity index (χ2n) is 9.44. The van der Waals surface area contributed by atoms with Crippen LogP contribution in [-0.4, -0.2) is 14.2 Å². The van der Waals surface area contributed by atoms with Crippen molar-refractivity contribution in [2.45, 2.75) is 26.7 Å². The number of rotatable bonds is 15. The predicted octanol–water partition coefficient (Wildman–Crippen LogP) is 9.38. The summed E-state index contributed by atoms with van der Waals surface area (Å²) in [7, 11) is 2.61. The van der Waals surface area contributed by atoms with Gasteiger partial charge in [-0.2, -0.15) is 0 Å². The number of allylic oxidation sites excluding steroid dienone is 2. The van der Waals surface area contributed by atoms with Crippen LogP contribution in [0, 0.1) is 13.8 Å². The fourth-order valence-corrected chi connectivity index (χ4v) is 5.67. The number of benzene rings is 4. The van der Waals surface area contributed by atoms with Crippen molar-refractivity contribution in [1.29, 1.82) is 0 Å². The highest BCUT2D eigenvalue weighted by Gasteiger charge is 2.23. The Kier molecular flexibility index (Phi) is 11.3. The van der Waals surface area contributed by atoms with Gasteiger partial charge in [-0.1, -0.05) is 48.6 Å². The Labute approximate surface area is 252 Å². The van der Waals surface area contributed by atoms with Crippen LogP contribution in [0.1, 0.15) is 22.3 Å². The zero-order valence-corrected chi connectivity index (χ0v) is 26.4. The van der Waals surface area contributed by atoms with Gasteiger partial charge in [0.25, 0.3) is 18.1 Å². The first kappa shape index (κ1) is 31.0. The monoisotopic (exact) mass is 602 g/mol. The summed E-state index contributed by atoms with van der Waals surface area (Å²) in [4.78, 5) is 0. The van der Waals surface area contributed by atoms with Crippen molar-refractivity contribution in [3.63, 3.8) is 0 Å². The summed E-state index contributed by atoms with van der Waals surface area (Å²) >= 11 is 0. The summed E-state index contributed by atoms with van der Waals surface area (Å²) < 4.78 is 36.4. The van der Waals surface area contributed by atoms with Gasteiger partial charge in [0.15, 0.2) is 23.0 Å². The minimum atomic E-state index is -0.317. The highest BCUT2D eigenvalue weighted by atomic mass is 31.1. The average Bonchev–Trinajstić information content (AvgIpc) is 3.00. The molecule has 0 saturated heterocycles. The van der Waals surface area contributed by atoms with E-state index in [-0.39, 0.29) is 18.1 Å². The van der Waals surface area contributed by atoms with Crippen molar-refractivity contribution in [2.24, 2.45) is 0 Å². The fraction of sp³-hybridized carbons (Fsp3) is 0.176. The Balaban J connectivity index is 1.79. The first-order valence-corrected chi connectivity index (χ1v) is 15.0. The minimum absolute atomic E-state index is 0.317. The molecule has 2 atom stereocenters. The van der Waals surface area contributed by atoms with Crippen molar-refractivity contribution in [1.82, 2.24) is 0 Å². The summed E-state index contributed by atoms with van der Waals surface area (Å²) in [6, 6.07) is 23.7. The van der Waals surface area contributed by atoms with Crippen LogP contribution in [0.4, 0.5) is 0 Å². The quantitative estimate of drug-likeness (QED) is 0.0998. The second kappa shape index (κ2) is 15.3. The Bertz CT molecular complexity index is 1420. The minimum Gasteiger partial charge on any atom is -0.493 e. The van der Waals surface area contributed by atoms with E-state index in [0.29, 0.717) is 35.8 Å². The lowest BCUT2D eigenvalue weighted by atomic mass is 9.96. The maximum atomic E-state index is 6.33. The molecular weight excluding hydrogens is 566 g/mol. The molecule has 218 valence electrons. The van der Waals surface area contributed by atoms with E-state index in [1.807, 2.05) is 86.7 Å². The third kappa shape index (κ3) is 7.64. The summed E-state index contributed by atoms with van der Waals surface area (Å²) in [5.41, 5.74) is 5.60. The third-order valence-electron chi connectivity index (χ3n) is 6.50. The molecule has 0 aromatic heterocycles. The lowest BCUT2D eigenvalue weighted by Crippen LogP contribution is -2.00. The van der Waals surface area contributed by atoms with Crippen molar-refractivity contribution in [2.75, 3.05) is 14.2 Å². The maximum Gasteiger partial charge on any atom is 0.275 e. The number of aryl methyl sites for hydroxylation is 2. The summed E-state index contributed by atoms with van der Waals surface area (Å²) in [5.74, 6) is 3.72. The van der Waals surface area contributed by atoms with E-state index in [1.54, 1.807) is 14.2 Å². The van der Waals surface area contributed by atoms with Crippen molar-refractivity contribution < 1.29 is 27.6 Å². The van der Waals surface area contributed by atoms with Crippen LogP contribution in [0.2, 0.25) is 0 Å². The Morgan fingerprint density at radius 1 is 0.571 bits per heavy atom. The topological polar surface area (TPSA) is 55.4 Å². The van der Waals surface area contributed by atoms with Gasteiger partial charge in [-0.3, -0.25) is 0 Å². The van der Waals surface area contributed by atoms with E-state index < -0.39 is 0 Å². The van der Waals surface area contributed by atoms with Crippen LogP contribution < -0.4 is 27.6 Å². The van der Waals surface area contributed by atoms with Gasteiger partial charge in [0.05, 0.1) is 14.2 Å². The molecule has 0 fully saturated rings. The average molecular weight is 603 g/mol. The molecule has 0 aliphatic carbocycles. The number of para-hydroxylation sites is 2. The largest absolute Gasteiger partial charge is 0.493 e. The van der Waals surface area contributed by atoms with Crippen LogP contribution in [0.25, 0.3) is 11.1 Å². The molecule has 8 heteroatoms. The molecule has 0 aliphatic heterocycles. The van der Waals surface area contributed by atoms with Crippen molar-refractivity contribution in [3.05, 3.63) is 120 Å². The molecule has 6 nitrogen and oxygen atoms in total. The van der Waals surface area contributed by atoms with Gasteiger partial charge in [-0.25, -0.2) is 0 Å². The predicted molar refractivity (Wildman–Crippen MR) is 174 cm³/mol. The lowest BCUT2D eigenvalue weighted by Gasteiger charge is -2.21. The van der Waals surface area contributed by atoms with Gasteiger partial charge in [0.1, 0.15) is 11.5 Å². The van der Waals surface area contributed by atoms with Crippen LogP contribution in [0.5, 0.6) is 34.5 Å². The second-order valence-corrected chi connectivity index (χ2v) is 10.6. The van der Waals surface area contributed by atoms with E-state index in [1.165, 1.54) is 0 Å². The smallest absolute Gasteiger partial charge is 0.275 e. The van der Waals surface area contributed by atoms with Gasteiger partial charge in [0, 0.05) is 11.1 Å². The number of hydrogen-bond donors (Lipinski definition) is 0. The van der Waals surface area contributed by atoms with Gasteiger partial charge >= 0.3 is 0 Å². The third-order valence-corrected chi connectivity index (χ3v) is 7.68. The van der Waals surface area contributed by atoms with Crippen molar-refractivity contribution in [3.8, 4) is 45.6 Å². The molecule has 4 aromatic rings. The molecule has 0 amide bonds. The molecule has 0 aliphatic rings.